The first-order valence-corrected chi connectivity index (χ1v) is 8.97. The first-order chi connectivity index (χ1) is 11.8. The van der Waals surface area contributed by atoms with Crippen LogP contribution in [0.1, 0.15) is 42.7 Å². The van der Waals surface area contributed by atoms with Crippen molar-refractivity contribution in [2.24, 2.45) is 0 Å². The van der Waals surface area contributed by atoms with Crippen LogP contribution in [-0.4, -0.2) is 70.9 Å². The van der Waals surface area contributed by atoms with Crippen LogP contribution in [0.25, 0.3) is 0 Å². The molecule has 0 saturated carbocycles. The minimum atomic E-state index is -0.141. The number of hydrogen-bond acceptors (Lipinski definition) is 5. The number of carbonyl (C=O) groups excluding carboxylic acids is 2. The van der Waals surface area contributed by atoms with Gasteiger partial charge in [0.15, 0.2) is 0 Å². The molecule has 2 saturated heterocycles. The van der Waals surface area contributed by atoms with Crippen molar-refractivity contribution in [3.63, 3.8) is 0 Å². The standard InChI is InChI=1S/C18H28N4O3/c1-13-15(14(2)25-19-13)11-21-9-7-18(8-10-21)6-5-16(23)22(18)12-17(24)20(3)4/h5-12H2,1-4H3. The summed E-state index contributed by atoms with van der Waals surface area (Å²) in [6, 6.07) is 0. The Bertz CT molecular complexity index is 640. The summed E-state index contributed by atoms with van der Waals surface area (Å²) in [4.78, 5) is 30.3. The smallest absolute Gasteiger partial charge is 0.241 e. The summed E-state index contributed by atoms with van der Waals surface area (Å²) in [5, 5.41) is 4.03. The molecule has 1 aromatic rings. The molecule has 2 aliphatic heterocycles. The summed E-state index contributed by atoms with van der Waals surface area (Å²) in [5.74, 6) is 0.995. The van der Waals surface area contributed by atoms with Gasteiger partial charge in [0.05, 0.1) is 5.69 Å². The second-order valence-electron chi connectivity index (χ2n) is 7.57. The van der Waals surface area contributed by atoms with Crippen molar-refractivity contribution in [3.05, 3.63) is 17.0 Å². The Labute approximate surface area is 148 Å². The molecule has 2 fully saturated rings. The fourth-order valence-electron chi connectivity index (χ4n) is 4.01. The monoisotopic (exact) mass is 348 g/mol. The Morgan fingerprint density at radius 2 is 1.92 bits per heavy atom. The maximum Gasteiger partial charge on any atom is 0.241 e. The van der Waals surface area contributed by atoms with E-state index in [9.17, 15) is 9.59 Å². The van der Waals surface area contributed by atoms with Crippen molar-refractivity contribution in [1.29, 1.82) is 0 Å². The molecule has 2 amide bonds. The lowest BCUT2D eigenvalue weighted by molar-refractivity contribution is -0.141. The summed E-state index contributed by atoms with van der Waals surface area (Å²) in [5.41, 5.74) is 1.97. The number of nitrogens with zero attached hydrogens (tertiary/aromatic N) is 4. The third-order valence-electron chi connectivity index (χ3n) is 5.82. The van der Waals surface area contributed by atoms with Gasteiger partial charge in [-0.15, -0.1) is 0 Å². The van der Waals surface area contributed by atoms with Crippen LogP contribution < -0.4 is 0 Å². The van der Waals surface area contributed by atoms with E-state index in [0.29, 0.717) is 6.42 Å². The van der Waals surface area contributed by atoms with Crippen molar-refractivity contribution >= 4 is 11.8 Å². The van der Waals surface area contributed by atoms with Crippen molar-refractivity contribution in [2.75, 3.05) is 33.7 Å². The van der Waals surface area contributed by atoms with Gasteiger partial charge in [0, 0.05) is 51.3 Å². The molecular formula is C18H28N4O3. The quantitative estimate of drug-likeness (QED) is 0.821. The van der Waals surface area contributed by atoms with Crippen LogP contribution in [0.5, 0.6) is 0 Å². The van der Waals surface area contributed by atoms with Crippen LogP contribution in [0.15, 0.2) is 4.52 Å². The van der Waals surface area contributed by atoms with E-state index in [1.165, 1.54) is 0 Å². The number of piperidine rings is 1. The number of likely N-dealkylation sites (tertiary alicyclic amines) is 2. The number of rotatable bonds is 4. The molecule has 7 heteroatoms. The average Bonchev–Trinajstić information content (AvgIpc) is 3.05. The topological polar surface area (TPSA) is 69.9 Å². The third kappa shape index (κ3) is 3.42. The number of aromatic nitrogens is 1. The van der Waals surface area contributed by atoms with Crippen LogP contribution in [0.3, 0.4) is 0 Å². The Kier molecular flexibility index (Phi) is 4.86. The summed E-state index contributed by atoms with van der Waals surface area (Å²) < 4.78 is 5.26. The molecule has 3 rings (SSSR count). The van der Waals surface area contributed by atoms with Gasteiger partial charge in [0.2, 0.25) is 11.8 Å². The molecular weight excluding hydrogens is 320 g/mol. The van der Waals surface area contributed by atoms with Gasteiger partial charge in [0.25, 0.3) is 0 Å². The van der Waals surface area contributed by atoms with Gasteiger partial charge in [-0.1, -0.05) is 5.16 Å². The van der Waals surface area contributed by atoms with Crippen LogP contribution in [-0.2, 0) is 16.1 Å². The lowest BCUT2D eigenvalue weighted by Crippen LogP contribution is -2.55. The van der Waals surface area contributed by atoms with Gasteiger partial charge in [-0.25, -0.2) is 0 Å². The highest BCUT2D eigenvalue weighted by Crippen LogP contribution is 2.39. The van der Waals surface area contributed by atoms with Gasteiger partial charge >= 0.3 is 0 Å². The SMILES string of the molecule is Cc1noc(C)c1CN1CCC2(CCC(=O)N2CC(=O)N(C)C)CC1. The second-order valence-corrected chi connectivity index (χ2v) is 7.57. The highest BCUT2D eigenvalue weighted by molar-refractivity contribution is 5.86. The first-order valence-electron chi connectivity index (χ1n) is 8.97. The molecule has 0 radical (unpaired) electrons. The number of hydrogen-bond donors (Lipinski definition) is 0. The van der Waals surface area contributed by atoms with E-state index in [1.807, 2.05) is 18.7 Å². The maximum absolute atomic E-state index is 12.4. The zero-order valence-electron chi connectivity index (χ0n) is 15.7. The molecule has 138 valence electrons. The van der Waals surface area contributed by atoms with E-state index in [-0.39, 0.29) is 23.9 Å². The molecule has 0 N–H and O–H groups in total. The molecule has 25 heavy (non-hydrogen) atoms. The molecule has 0 bridgehead atoms. The first kappa shape index (κ1) is 17.9. The molecule has 2 aliphatic rings. The van der Waals surface area contributed by atoms with Gasteiger partial charge in [0.1, 0.15) is 12.3 Å². The van der Waals surface area contributed by atoms with Crippen LogP contribution >= 0.6 is 0 Å². The van der Waals surface area contributed by atoms with E-state index in [1.54, 1.807) is 19.0 Å². The average molecular weight is 348 g/mol. The molecule has 7 nitrogen and oxygen atoms in total. The number of aryl methyl sites for hydroxylation is 2. The fraction of sp³-hybridized carbons (Fsp3) is 0.722. The molecule has 0 aromatic carbocycles. The van der Waals surface area contributed by atoms with E-state index < -0.39 is 0 Å². The predicted molar refractivity (Wildman–Crippen MR) is 92.9 cm³/mol. The lowest BCUT2D eigenvalue weighted by atomic mass is 9.84. The summed E-state index contributed by atoms with van der Waals surface area (Å²) >= 11 is 0. The minimum Gasteiger partial charge on any atom is -0.361 e. The van der Waals surface area contributed by atoms with Crippen molar-refractivity contribution in [1.82, 2.24) is 19.9 Å². The summed E-state index contributed by atoms with van der Waals surface area (Å²) in [6.45, 7) is 6.80. The number of amides is 2. The van der Waals surface area contributed by atoms with Gasteiger partial charge in [-0.3, -0.25) is 14.5 Å². The van der Waals surface area contributed by atoms with Crippen molar-refractivity contribution in [3.8, 4) is 0 Å². The maximum atomic E-state index is 12.4. The minimum absolute atomic E-state index is 0.00669. The molecule has 0 aliphatic carbocycles. The second kappa shape index (κ2) is 6.78. The molecule has 0 atom stereocenters. The summed E-state index contributed by atoms with van der Waals surface area (Å²) in [6.07, 6.45) is 3.27. The summed E-state index contributed by atoms with van der Waals surface area (Å²) in [7, 11) is 3.48. The normalized spacial score (nSPS) is 20.5. The Hall–Kier alpha value is -1.89. The molecule has 1 aromatic heterocycles. The largest absolute Gasteiger partial charge is 0.361 e. The van der Waals surface area contributed by atoms with E-state index in [2.05, 4.69) is 10.1 Å². The predicted octanol–water partition coefficient (Wildman–Crippen LogP) is 1.34. The molecule has 1 spiro atoms. The van der Waals surface area contributed by atoms with Crippen LogP contribution in [0, 0.1) is 13.8 Å². The Morgan fingerprint density at radius 3 is 2.48 bits per heavy atom. The number of carbonyl (C=O) groups is 2. The number of likely N-dealkylation sites (N-methyl/N-ethyl adjacent to an activating group) is 1. The highest BCUT2D eigenvalue weighted by Gasteiger charge is 2.47. The van der Waals surface area contributed by atoms with E-state index in [0.717, 1.165) is 55.9 Å². The van der Waals surface area contributed by atoms with Gasteiger partial charge < -0.3 is 14.3 Å². The van der Waals surface area contributed by atoms with Gasteiger partial charge in [-0.2, -0.15) is 0 Å². The van der Waals surface area contributed by atoms with Crippen molar-refractivity contribution in [2.45, 2.75) is 51.6 Å². The third-order valence-corrected chi connectivity index (χ3v) is 5.82. The van der Waals surface area contributed by atoms with E-state index in [4.69, 9.17) is 4.52 Å². The Morgan fingerprint density at radius 1 is 1.24 bits per heavy atom. The molecule has 3 heterocycles. The van der Waals surface area contributed by atoms with E-state index >= 15 is 0 Å². The highest BCUT2D eigenvalue weighted by atomic mass is 16.5. The lowest BCUT2D eigenvalue weighted by Gasteiger charge is -2.45. The zero-order valence-corrected chi connectivity index (χ0v) is 15.7. The fourth-order valence-corrected chi connectivity index (χ4v) is 4.01. The zero-order chi connectivity index (χ0) is 18.2. The van der Waals surface area contributed by atoms with Crippen LogP contribution in [0.4, 0.5) is 0 Å². The Balaban J connectivity index is 1.65. The van der Waals surface area contributed by atoms with Crippen LogP contribution in [0.2, 0.25) is 0 Å². The van der Waals surface area contributed by atoms with Crippen molar-refractivity contribution < 1.29 is 14.1 Å². The van der Waals surface area contributed by atoms with Gasteiger partial charge in [-0.05, 0) is 33.1 Å². The molecule has 0 unspecified atom stereocenters.